The Labute approximate surface area is 91.9 Å². The Morgan fingerprint density at radius 3 is 3.06 bits per heavy atom. The zero-order chi connectivity index (χ0) is 11.1. The van der Waals surface area contributed by atoms with Gasteiger partial charge in [-0.2, -0.15) is 0 Å². The highest BCUT2D eigenvalue weighted by Crippen LogP contribution is 2.30. The molecule has 0 radical (unpaired) electrons. The van der Waals surface area contributed by atoms with Gasteiger partial charge in [0.05, 0.1) is 24.1 Å². The number of rotatable bonds is 1. The molecule has 1 amide bonds. The van der Waals surface area contributed by atoms with Gasteiger partial charge in [-0.25, -0.2) is 4.98 Å². The second kappa shape index (κ2) is 3.10. The highest BCUT2D eigenvalue weighted by atomic mass is 16.1. The van der Waals surface area contributed by atoms with Gasteiger partial charge >= 0.3 is 0 Å². The smallest absolute Gasteiger partial charge is 0.228 e. The van der Waals surface area contributed by atoms with Gasteiger partial charge in [0.2, 0.25) is 5.91 Å². The number of aromatic nitrogens is 2. The van der Waals surface area contributed by atoms with Crippen molar-refractivity contribution >= 4 is 17.3 Å². The van der Waals surface area contributed by atoms with Gasteiger partial charge in [-0.15, -0.1) is 0 Å². The Balaban J connectivity index is 2.15. The third kappa shape index (κ3) is 1.25. The number of fused-ring (bicyclic) bond motifs is 1. The molecule has 1 aromatic carbocycles. The first kappa shape index (κ1) is 8.96. The Kier molecular flexibility index (Phi) is 1.73. The van der Waals surface area contributed by atoms with Gasteiger partial charge < -0.3 is 15.6 Å². The van der Waals surface area contributed by atoms with E-state index in [0.29, 0.717) is 12.1 Å². The minimum absolute atomic E-state index is 0.0113. The van der Waals surface area contributed by atoms with Crippen molar-refractivity contribution in [1.29, 1.82) is 0 Å². The monoisotopic (exact) mass is 214 g/mol. The number of nitrogens with two attached hydrogens (primary N) is 1. The van der Waals surface area contributed by atoms with Crippen LogP contribution in [0.5, 0.6) is 0 Å². The molecule has 0 saturated heterocycles. The molecule has 0 atom stereocenters. The molecule has 1 aliphatic rings. The van der Waals surface area contributed by atoms with Crippen LogP contribution in [-0.4, -0.2) is 15.5 Å². The molecule has 5 heteroatoms. The topological polar surface area (TPSA) is 72.9 Å². The number of nitrogens with one attached hydrogen (secondary N) is 1. The maximum atomic E-state index is 11.2. The molecule has 0 unspecified atom stereocenters. The number of hydrogen-bond acceptors (Lipinski definition) is 3. The Morgan fingerprint density at radius 2 is 2.31 bits per heavy atom. The number of imidazole rings is 1. The van der Waals surface area contributed by atoms with Crippen molar-refractivity contribution in [2.45, 2.75) is 6.42 Å². The van der Waals surface area contributed by atoms with Crippen LogP contribution in [0.3, 0.4) is 0 Å². The number of nitrogen functional groups attached to an aromatic ring is 1. The summed E-state index contributed by atoms with van der Waals surface area (Å²) >= 11 is 0. The summed E-state index contributed by atoms with van der Waals surface area (Å²) in [7, 11) is 0. The second-order valence-corrected chi connectivity index (χ2v) is 3.76. The first-order valence-electron chi connectivity index (χ1n) is 4.94. The number of amides is 1. The molecule has 80 valence electrons. The number of benzene rings is 1. The number of nitrogens with zero attached hydrogens (tertiary/aromatic N) is 2. The molecule has 0 aliphatic carbocycles. The minimum Gasteiger partial charge on any atom is -0.397 e. The van der Waals surface area contributed by atoms with E-state index in [1.54, 1.807) is 12.5 Å². The third-order valence-corrected chi connectivity index (χ3v) is 2.66. The van der Waals surface area contributed by atoms with Crippen molar-refractivity contribution < 1.29 is 4.79 Å². The predicted molar refractivity (Wildman–Crippen MR) is 60.3 cm³/mol. The fourth-order valence-corrected chi connectivity index (χ4v) is 1.91. The largest absolute Gasteiger partial charge is 0.397 e. The van der Waals surface area contributed by atoms with E-state index in [4.69, 9.17) is 5.73 Å². The van der Waals surface area contributed by atoms with Gasteiger partial charge in [0, 0.05) is 18.1 Å². The highest BCUT2D eigenvalue weighted by molar-refractivity contribution is 6.00. The average molecular weight is 214 g/mol. The molecular weight excluding hydrogens is 204 g/mol. The van der Waals surface area contributed by atoms with E-state index in [1.165, 1.54) is 0 Å². The molecule has 0 saturated carbocycles. The lowest BCUT2D eigenvalue weighted by molar-refractivity contribution is -0.115. The molecule has 1 aliphatic heterocycles. The molecule has 3 rings (SSSR count). The van der Waals surface area contributed by atoms with Gasteiger partial charge in [0.25, 0.3) is 0 Å². The van der Waals surface area contributed by atoms with Gasteiger partial charge in [-0.3, -0.25) is 4.79 Å². The lowest BCUT2D eigenvalue weighted by atomic mass is 10.1. The summed E-state index contributed by atoms with van der Waals surface area (Å²) in [5.74, 6) is 0.0113. The Hall–Kier alpha value is -2.30. The molecule has 16 heavy (non-hydrogen) atoms. The van der Waals surface area contributed by atoms with Crippen LogP contribution in [0.4, 0.5) is 11.4 Å². The van der Waals surface area contributed by atoms with Crippen LogP contribution >= 0.6 is 0 Å². The first-order chi connectivity index (χ1) is 7.74. The molecule has 2 aromatic rings. The number of hydrogen-bond donors (Lipinski definition) is 2. The van der Waals surface area contributed by atoms with E-state index in [1.807, 2.05) is 22.9 Å². The van der Waals surface area contributed by atoms with Crippen molar-refractivity contribution in [2.24, 2.45) is 0 Å². The molecule has 0 bridgehead atoms. The average Bonchev–Trinajstić information content (AvgIpc) is 2.83. The van der Waals surface area contributed by atoms with Crippen molar-refractivity contribution in [3.05, 3.63) is 36.4 Å². The summed E-state index contributed by atoms with van der Waals surface area (Å²) in [4.78, 5) is 15.2. The lowest BCUT2D eigenvalue weighted by Gasteiger charge is -2.08. The number of anilines is 2. The van der Waals surface area contributed by atoms with Crippen molar-refractivity contribution in [1.82, 2.24) is 9.55 Å². The molecular formula is C11H10N4O. The van der Waals surface area contributed by atoms with Crippen LogP contribution in [0, 0.1) is 0 Å². The van der Waals surface area contributed by atoms with E-state index in [-0.39, 0.29) is 5.91 Å². The Bertz CT molecular complexity index is 560. The summed E-state index contributed by atoms with van der Waals surface area (Å²) in [6.45, 7) is 0. The fraction of sp³-hybridized carbons (Fsp3) is 0.0909. The zero-order valence-electron chi connectivity index (χ0n) is 8.47. The summed E-state index contributed by atoms with van der Waals surface area (Å²) in [6, 6.07) is 3.71. The second-order valence-electron chi connectivity index (χ2n) is 3.76. The van der Waals surface area contributed by atoms with Crippen LogP contribution in [-0.2, 0) is 11.2 Å². The van der Waals surface area contributed by atoms with Gasteiger partial charge in [0.15, 0.2) is 0 Å². The lowest BCUT2D eigenvalue weighted by Crippen LogP contribution is -2.03. The van der Waals surface area contributed by atoms with Crippen LogP contribution in [0.2, 0.25) is 0 Å². The number of carbonyl (C=O) groups is 1. The standard InChI is InChI=1S/C11H10N4O/c12-8-3-7-4-11(16)14-9(7)5-10(8)15-2-1-13-6-15/h1-3,5-6H,4,12H2,(H,14,16). The molecule has 0 spiro atoms. The summed E-state index contributed by atoms with van der Waals surface area (Å²) in [6.07, 6.45) is 5.58. The van der Waals surface area contributed by atoms with Crippen LogP contribution in [0.25, 0.3) is 5.69 Å². The van der Waals surface area contributed by atoms with Crippen LogP contribution in [0.15, 0.2) is 30.9 Å². The zero-order valence-corrected chi connectivity index (χ0v) is 8.47. The van der Waals surface area contributed by atoms with E-state index >= 15 is 0 Å². The van der Waals surface area contributed by atoms with Crippen LogP contribution in [0.1, 0.15) is 5.56 Å². The predicted octanol–water partition coefficient (Wildman–Crippen LogP) is 0.949. The van der Waals surface area contributed by atoms with Crippen LogP contribution < -0.4 is 11.1 Å². The summed E-state index contributed by atoms with van der Waals surface area (Å²) in [5, 5.41) is 2.80. The van der Waals surface area contributed by atoms with Crippen molar-refractivity contribution in [3.63, 3.8) is 0 Å². The van der Waals surface area contributed by atoms with Gasteiger partial charge in [0.1, 0.15) is 0 Å². The maximum absolute atomic E-state index is 11.2. The normalized spacial score (nSPS) is 13.6. The third-order valence-electron chi connectivity index (χ3n) is 2.66. The summed E-state index contributed by atoms with van der Waals surface area (Å²) < 4.78 is 1.82. The van der Waals surface area contributed by atoms with Gasteiger partial charge in [-0.1, -0.05) is 0 Å². The molecule has 3 N–H and O–H groups in total. The number of carbonyl (C=O) groups excluding carboxylic acids is 1. The summed E-state index contributed by atoms with van der Waals surface area (Å²) in [5.41, 5.74) is 9.21. The SMILES string of the molecule is Nc1cc2c(cc1-n1ccnc1)NC(=O)C2. The molecule has 2 heterocycles. The minimum atomic E-state index is 0.0113. The maximum Gasteiger partial charge on any atom is 0.228 e. The van der Waals surface area contributed by atoms with E-state index in [9.17, 15) is 4.79 Å². The van der Waals surface area contributed by atoms with Gasteiger partial charge in [-0.05, 0) is 17.7 Å². The fourth-order valence-electron chi connectivity index (χ4n) is 1.91. The van der Waals surface area contributed by atoms with Crippen molar-refractivity contribution in [2.75, 3.05) is 11.1 Å². The van der Waals surface area contributed by atoms with E-state index in [2.05, 4.69) is 10.3 Å². The highest BCUT2D eigenvalue weighted by Gasteiger charge is 2.19. The van der Waals surface area contributed by atoms with E-state index in [0.717, 1.165) is 16.9 Å². The van der Waals surface area contributed by atoms with Crippen molar-refractivity contribution in [3.8, 4) is 5.69 Å². The molecule has 5 nitrogen and oxygen atoms in total. The quantitative estimate of drug-likeness (QED) is 0.694. The molecule has 0 fully saturated rings. The van der Waals surface area contributed by atoms with E-state index < -0.39 is 0 Å². The Morgan fingerprint density at radius 1 is 1.44 bits per heavy atom. The molecule has 1 aromatic heterocycles. The first-order valence-corrected chi connectivity index (χ1v) is 4.94.